The summed E-state index contributed by atoms with van der Waals surface area (Å²) in [5.74, 6) is 0. The molecule has 0 amide bonds. The van der Waals surface area contributed by atoms with Gasteiger partial charge in [-0.25, -0.2) is 0 Å². The number of hydrogen-bond acceptors (Lipinski definition) is 1. The van der Waals surface area contributed by atoms with Gasteiger partial charge in [-0.3, -0.25) is 4.99 Å². The normalized spacial score (nSPS) is 11.0. The molecule has 0 spiro atoms. The van der Waals surface area contributed by atoms with Crippen molar-refractivity contribution in [3.05, 3.63) is 87.9 Å². The molecule has 0 aliphatic heterocycles. The lowest BCUT2D eigenvalue weighted by Gasteiger charge is -2.02. The highest BCUT2D eigenvalue weighted by Gasteiger charge is 1.99. The van der Waals surface area contributed by atoms with Crippen LogP contribution in [0.25, 0.3) is 11.1 Å². The van der Waals surface area contributed by atoms with Gasteiger partial charge in [-0.1, -0.05) is 82.1 Å². The Morgan fingerprint density at radius 3 is 2.18 bits per heavy atom. The van der Waals surface area contributed by atoms with E-state index in [9.17, 15) is 0 Å². The zero-order valence-corrected chi connectivity index (χ0v) is 14.1. The maximum Gasteiger partial charge on any atom is 0.0816 e. The van der Waals surface area contributed by atoms with Crippen molar-refractivity contribution in [2.24, 2.45) is 4.99 Å². The van der Waals surface area contributed by atoms with Crippen LogP contribution < -0.4 is 0 Å². The van der Waals surface area contributed by atoms with E-state index in [1.807, 2.05) is 42.6 Å². The van der Waals surface area contributed by atoms with Gasteiger partial charge < -0.3 is 0 Å². The summed E-state index contributed by atoms with van der Waals surface area (Å²) in [4.78, 5) is 4.44. The van der Waals surface area contributed by atoms with Gasteiger partial charge in [0.15, 0.2) is 0 Å². The third kappa shape index (κ3) is 3.65. The van der Waals surface area contributed by atoms with Crippen LogP contribution in [0.5, 0.6) is 0 Å². The van der Waals surface area contributed by atoms with Gasteiger partial charge in [-0.2, -0.15) is 0 Å². The Bertz CT molecular complexity index is 795. The molecule has 22 heavy (non-hydrogen) atoms. The van der Waals surface area contributed by atoms with Gasteiger partial charge >= 0.3 is 0 Å². The molecule has 0 fully saturated rings. The zero-order valence-electron chi connectivity index (χ0n) is 11.7. The molecule has 0 aromatic heterocycles. The highest BCUT2D eigenvalue weighted by molar-refractivity contribution is 9.10. The summed E-state index contributed by atoms with van der Waals surface area (Å²) < 4.78 is 0.948. The predicted octanol–water partition coefficient (Wildman–Crippen LogP) is 6.52. The Hall–Kier alpha value is -1.90. The van der Waals surface area contributed by atoms with Crippen molar-refractivity contribution in [3.63, 3.8) is 0 Å². The Kier molecular flexibility index (Phi) is 4.71. The van der Waals surface area contributed by atoms with E-state index in [0.717, 1.165) is 15.7 Å². The van der Waals surface area contributed by atoms with Crippen LogP contribution in [0.2, 0.25) is 5.02 Å². The Morgan fingerprint density at radius 1 is 0.818 bits per heavy atom. The van der Waals surface area contributed by atoms with Crippen LogP contribution in [0.1, 0.15) is 5.56 Å². The summed E-state index contributed by atoms with van der Waals surface area (Å²) in [6.07, 6.45) is 1.82. The Balaban J connectivity index is 1.80. The number of aliphatic imine (C=N–C) groups is 1. The van der Waals surface area contributed by atoms with E-state index in [4.69, 9.17) is 11.6 Å². The lowest BCUT2D eigenvalue weighted by molar-refractivity contribution is 1.51. The second-order valence-electron chi connectivity index (χ2n) is 4.84. The fraction of sp³-hybridized carbons (Fsp3) is 0. The summed E-state index contributed by atoms with van der Waals surface area (Å²) in [5.41, 5.74) is 4.21. The molecule has 3 heteroatoms. The van der Waals surface area contributed by atoms with Gasteiger partial charge in [0.05, 0.1) is 10.7 Å². The smallest absolute Gasteiger partial charge is 0.0816 e. The third-order valence-corrected chi connectivity index (χ3v) is 4.08. The van der Waals surface area contributed by atoms with Gasteiger partial charge in [0.25, 0.3) is 0 Å². The lowest BCUT2D eigenvalue weighted by Crippen LogP contribution is -1.82. The number of hydrogen-bond donors (Lipinski definition) is 0. The number of rotatable bonds is 3. The molecule has 0 N–H and O–H groups in total. The first-order valence-corrected chi connectivity index (χ1v) is 8.04. The van der Waals surface area contributed by atoms with E-state index < -0.39 is 0 Å². The summed E-state index contributed by atoms with van der Waals surface area (Å²) in [6, 6.07) is 24.3. The van der Waals surface area contributed by atoms with Crippen LogP contribution in [-0.2, 0) is 0 Å². The molecule has 3 aromatic carbocycles. The lowest BCUT2D eigenvalue weighted by atomic mass is 10.0. The molecule has 0 aliphatic rings. The molecular formula is C19H13BrClN. The molecule has 0 heterocycles. The maximum atomic E-state index is 6.16. The van der Waals surface area contributed by atoms with Crippen molar-refractivity contribution < 1.29 is 0 Å². The van der Waals surface area contributed by atoms with Crippen molar-refractivity contribution in [3.8, 4) is 11.1 Å². The van der Waals surface area contributed by atoms with E-state index in [1.54, 1.807) is 0 Å². The van der Waals surface area contributed by atoms with Crippen LogP contribution in [-0.4, -0.2) is 6.21 Å². The molecule has 108 valence electrons. The van der Waals surface area contributed by atoms with Crippen LogP contribution >= 0.6 is 27.5 Å². The summed E-state index contributed by atoms with van der Waals surface area (Å²) in [7, 11) is 0. The zero-order chi connectivity index (χ0) is 15.4. The van der Waals surface area contributed by atoms with E-state index in [1.165, 1.54) is 11.1 Å². The second kappa shape index (κ2) is 6.91. The minimum Gasteiger partial charge on any atom is -0.255 e. The van der Waals surface area contributed by atoms with Crippen molar-refractivity contribution >= 4 is 39.4 Å². The first kappa shape index (κ1) is 15.0. The molecule has 0 radical (unpaired) electrons. The molecule has 1 nitrogen and oxygen atoms in total. The van der Waals surface area contributed by atoms with E-state index in [0.29, 0.717) is 5.02 Å². The molecule has 3 aromatic rings. The molecule has 0 saturated carbocycles. The molecule has 0 atom stereocenters. The van der Waals surface area contributed by atoms with Crippen molar-refractivity contribution in [1.82, 2.24) is 0 Å². The van der Waals surface area contributed by atoms with Crippen LogP contribution in [0.15, 0.2) is 82.3 Å². The summed E-state index contributed by atoms with van der Waals surface area (Å²) in [5, 5.41) is 0.631. The number of benzene rings is 3. The van der Waals surface area contributed by atoms with E-state index in [-0.39, 0.29) is 0 Å². The average Bonchev–Trinajstić information content (AvgIpc) is 2.55. The molecule has 0 unspecified atom stereocenters. The third-order valence-electron chi connectivity index (χ3n) is 3.28. The monoisotopic (exact) mass is 369 g/mol. The van der Waals surface area contributed by atoms with Gasteiger partial charge in [0, 0.05) is 10.7 Å². The molecule has 0 bridgehead atoms. The minimum atomic E-state index is 0.631. The standard InChI is InChI=1S/C19H13BrClN/c20-17-10-11-19(18(21)12-17)22-13-14-6-8-16(9-7-14)15-4-2-1-3-5-15/h1-13H. The van der Waals surface area contributed by atoms with E-state index >= 15 is 0 Å². The second-order valence-corrected chi connectivity index (χ2v) is 6.16. The van der Waals surface area contributed by atoms with Crippen molar-refractivity contribution in [2.75, 3.05) is 0 Å². The van der Waals surface area contributed by atoms with Crippen LogP contribution in [0, 0.1) is 0 Å². The highest BCUT2D eigenvalue weighted by atomic mass is 79.9. The molecule has 3 rings (SSSR count). The largest absolute Gasteiger partial charge is 0.255 e. The van der Waals surface area contributed by atoms with E-state index in [2.05, 4.69) is 57.3 Å². The van der Waals surface area contributed by atoms with Crippen LogP contribution in [0.4, 0.5) is 5.69 Å². The first-order chi connectivity index (χ1) is 10.7. The molecular weight excluding hydrogens is 358 g/mol. The summed E-state index contributed by atoms with van der Waals surface area (Å²) in [6.45, 7) is 0. The predicted molar refractivity (Wildman–Crippen MR) is 98.3 cm³/mol. The fourth-order valence-electron chi connectivity index (χ4n) is 2.12. The topological polar surface area (TPSA) is 12.4 Å². The Morgan fingerprint density at radius 2 is 1.50 bits per heavy atom. The highest BCUT2D eigenvalue weighted by Crippen LogP contribution is 2.28. The fourth-order valence-corrected chi connectivity index (χ4v) is 2.84. The molecule has 0 aliphatic carbocycles. The van der Waals surface area contributed by atoms with Gasteiger partial charge in [-0.15, -0.1) is 0 Å². The van der Waals surface area contributed by atoms with Gasteiger partial charge in [-0.05, 0) is 34.9 Å². The summed E-state index contributed by atoms with van der Waals surface area (Å²) >= 11 is 9.54. The van der Waals surface area contributed by atoms with Crippen molar-refractivity contribution in [1.29, 1.82) is 0 Å². The van der Waals surface area contributed by atoms with Crippen LogP contribution in [0.3, 0.4) is 0 Å². The number of halogens is 2. The van der Waals surface area contributed by atoms with Crippen molar-refractivity contribution in [2.45, 2.75) is 0 Å². The molecule has 0 saturated heterocycles. The first-order valence-electron chi connectivity index (χ1n) is 6.87. The maximum absolute atomic E-state index is 6.16. The Labute approximate surface area is 143 Å². The number of nitrogens with zero attached hydrogens (tertiary/aromatic N) is 1. The van der Waals surface area contributed by atoms with Gasteiger partial charge in [0.1, 0.15) is 0 Å². The average molecular weight is 371 g/mol. The van der Waals surface area contributed by atoms with Gasteiger partial charge in [0.2, 0.25) is 0 Å². The quantitative estimate of drug-likeness (QED) is 0.465. The minimum absolute atomic E-state index is 0.631. The SMILES string of the molecule is Clc1cc(Br)ccc1N=Cc1ccc(-c2ccccc2)cc1.